The smallest absolute Gasteiger partial charge is 0.225 e. The van der Waals surface area contributed by atoms with E-state index in [2.05, 4.69) is 10.6 Å². The van der Waals surface area contributed by atoms with Crippen molar-refractivity contribution in [3.8, 4) is 0 Å². The number of hydrogen-bond donors (Lipinski definition) is 2. The van der Waals surface area contributed by atoms with Gasteiger partial charge in [0.1, 0.15) is 0 Å². The molecular weight excluding hydrogens is 228 g/mol. The number of carbonyl (C=O) groups excluding carboxylic acids is 1. The Morgan fingerprint density at radius 1 is 1.33 bits per heavy atom. The maximum absolute atomic E-state index is 11.6. The quantitative estimate of drug-likeness (QED) is 0.775. The van der Waals surface area contributed by atoms with Crippen LogP contribution in [-0.4, -0.2) is 25.6 Å². The maximum Gasteiger partial charge on any atom is 0.225 e. The predicted octanol–water partition coefficient (Wildman–Crippen LogP) is 1.91. The Balaban J connectivity index is 1.71. The standard InChI is InChI=1S/C14H20N2O2/c1-18-10-11-2-4-13(5-3-11)16-14(17)8-9-15-12-6-7-12/h2-5,12,15H,6-10H2,1H3,(H,16,17). The van der Waals surface area contributed by atoms with Gasteiger partial charge in [-0.25, -0.2) is 0 Å². The van der Waals surface area contributed by atoms with Crippen molar-refractivity contribution in [2.45, 2.75) is 31.9 Å². The third-order valence-electron chi connectivity index (χ3n) is 2.91. The Bertz CT molecular complexity index is 385. The number of rotatable bonds is 7. The van der Waals surface area contributed by atoms with E-state index in [1.54, 1.807) is 7.11 Å². The summed E-state index contributed by atoms with van der Waals surface area (Å²) in [6, 6.07) is 8.38. The molecule has 98 valence electrons. The third-order valence-corrected chi connectivity index (χ3v) is 2.91. The Morgan fingerprint density at radius 2 is 2.06 bits per heavy atom. The molecule has 0 atom stereocenters. The molecule has 0 aromatic heterocycles. The molecule has 0 unspecified atom stereocenters. The summed E-state index contributed by atoms with van der Waals surface area (Å²) in [5.41, 5.74) is 1.94. The van der Waals surface area contributed by atoms with E-state index >= 15 is 0 Å². The fraction of sp³-hybridized carbons (Fsp3) is 0.500. The summed E-state index contributed by atoms with van der Waals surface area (Å²) in [5.74, 6) is 0.0580. The van der Waals surface area contributed by atoms with E-state index in [1.165, 1.54) is 12.8 Å². The number of anilines is 1. The SMILES string of the molecule is COCc1ccc(NC(=O)CCNC2CC2)cc1. The van der Waals surface area contributed by atoms with Gasteiger partial charge in [-0.3, -0.25) is 4.79 Å². The number of nitrogens with one attached hydrogen (secondary N) is 2. The molecule has 0 bridgehead atoms. The molecule has 0 saturated heterocycles. The zero-order chi connectivity index (χ0) is 12.8. The summed E-state index contributed by atoms with van der Waals surface area (Å²) in [7, 11) is 1.67. The molecule has 0 radical (unpaired) electrons. The first-order chi connectivity index (χ1) is 8.78. The summed E-state index contributed by atoms with van der Waals surface area (Å²) in [5, 5.41) is 6.21. The summed E-state index contributed by atoms with van der Waals surface area (Å²) < 4.78 is 5.03. The number of hydrogen-bond acceptors (Lipinski definition) is 3. The number of benzene rings is 1. The van der Waals surface area contributed by atoms with Gasteiger partial charge in [0.2, 0.25) is 5.91 Å². The molecule has 1 saturated carbocycles. The van der Waals surface area contributed by atoms with Gasteiger partial charge in [-0.05, 0) is 30.5 Å². The van der Waals surface area contributed by atoms with Crippen LogP contribution in [0.3, 0.4) is 0 Å². The Labute approximate surface area is 108 Å². The van der Waals surface area contributed by atoms with Crippen LogP contribution in [-0.2, 0) is 16.1 Å². The van der Waals surface area contributed by atoms with Crippen molar-refractivity contribution >= 4 is 11.6 Å². The lowest BCUT2D eigenvalue weighted by atomic mass is 10.2. The molecular formula is C14H20N2O2. The van der Waals surface area contributed by atoms with E-state index in [9.17, 15) is 4.79 Å². The molecule has 1 aromatic rings. The van der Waals surface area contributed by atoms with E-state index in [0.29, 0.717) is 19.1 Å². The number of ether oxygens (including phenoxy) is 1. The minimum Gasteiger partial charge on any atom is -0.380 e. The molecule has 1 amide bonds. The lowest BCUT2D eigenvalue weighted by Crippen LogP contribution is -2.23. The van der Waals surface area contributed by atoms with Crippen molar-refractivity contribution in [3.63, 3.8) is 0 Å². The van der Waals surface area contributed by atoms with Gasteiger partial charge in [0.15, 0.2) is 0 Å². The average Bonchev–Trinajstić information content (AvgIpc) is 3.16. The lowest BCUT2D eigenvalue weighted by molar-refractivity contribution is -0.116. The molecule has 0 spiro atoms. The molecule has 1 fully saturated rings. The molecule has 0 heterocycles. The van der Waals surface area contributed by atoms with Crippen LogP contribution in [0.5, 0.6) is 0 Å². The average molecular weight is 248 g/mol. The number of amides is 1. The van der Waals surface area contributed by atoms with Crippen molar-refractivity contribution in [1.82, 2.24) is 5.32 Å². The molecule has 2 N–H and O–H groups in total. The highest BCUT2D eigenvalue weighted by molar-refractivity contribution is 5.90. The molecule has 1 aromatic carbocycles. The summed E-state index contributed by atoms with van der Waals surface area (Å²) in [6.07, 6.45) is 3.03. The van der Waals surface area contributed by atoms with E-state index in [4.69, 9.17) is 4.74 Å². The van der Waals surface area contributed by atoms with Crippen LogP contribution >= 0.6 is 0 Å². The molecule has 1 aliphatic carbocycles. The van der Waals surface area contributed by atoms with Gasteiger partial charge in [0, 0.05) is 31.8 Å². The Hall–Kier alpha value is -1.39. The molecule has 18 heavy (non-hydrogen) atoms. The predicted molar refractivity (Wildman–Crippen MR) is 71.4 cm³/mol. The van der Waals surface area contributed by atoms with Gasteiger partial charge < -0.3 is 15.4 Å². The van der Waals surface area contributed by atoms with E-state index in [0.717, 1.165) is 17.8 Å². The topological polar surface area (TPSA) is 50.4 Å². The largest absolute Gasteiger partial charge is 0.380 e. The monoisotopic (exact) mass is 248 g/mol. The van der Waals surface area contributed by atoms with Gasteiger partial charge >= 0.3 is 0 Å². The molecule has 1 aliphatic rings. The minimum absolute atomic E-state index is 0.0580. The molecule has 4 nitrogen and oxygen atoms in total. The maximum atomic E-state index is 11.6. The molecule has 0 aliphatic heterocycles. The van der Waals surface area contributed by atoms with Gasteiger partial charge in [0.25, 0.3) is 0 Å². The summed E-state index contributed by atoms with van der Waals surface area (Å²) >= 11 is 0. The molecule has 2 rings (SSSR count). The van der Waals surface area contributed by atoms with Crippen LogP contribution in [0.1, 0.15) is 24.8 Å². The third kappa shape index (κ3) is 4.47. The number of carbonyl (C=O) groups is 1. The first-order valence-electron chi connectivity index (χ1n) is 6.39. The van der Waals surface area contributed by atoms with Crippen LogP contribution in [0.2, 0.25) is 0 Å². The second-order valence-corrected chi connectivity index (χ2v) is 4.66. The van der Waals surface area contributed by atoms with E-state index in [1.807, 2.05) is 24.3 Å². The zero-order valence-electron chi connectivity index (χ0n) is 10.7. The fourth-order valence-corrected chi connectivity index (χ4v) is 1.75. The first-order valence-corrected chi connectivity index (χ1v) is 6.39. The minimum atomic E-state index is 0.0580. The lowest BCUT2D eigenvalue weighted by Gasteiger charge is -2.07. The van der Waals surface area contributed by atoms with Gasteiger partial charge in [-0.2, -0.15) is 0 Å². The number of methoxy groups -OCH3 is 1. The Morgan fingerprint density at radius 3 is 2.67 bits per heavy atom. The highest BCUT2D eigenvalue weighted by Crippen LogP contribution is 2.18. The van der Waals surface area contributed by atoms with Crippen molar-refractivity contribution in [3.05, 3.63) is 29.8 Å². The van der Waals surface area contributed by atoms with Crippen LogP contribution in [0, 0.1) is 0 Å². The summed E-state index contributed by atoms with van der Waals surface area (Å²) in [4.78, 5) is 11.6. The first kappa shape index (κ1) is 13.1. The highest BCUT2D eigenvalue weighted by Gasteiger charge is 2.19. The van der Waals surface area contributed by atoms with Crippen LogP contribution in [0.25, 0.3) is 0 Å². The summed E-state index contributed by atoms with van der Waals surface area (Å²) in [6.45, 7) is 1.36. The van der Waals surface area contributed by atoms with Crippen LogP contribution < -0.4 is 10.6 Å². The van der Waals surface area contributed by atoms with Gasteiger partial charge in [-0.1, -0.05) is 12.1 Å². The van der Waals surface area contributed by atoms with E-state index < -0.39 is 0 Å². The normalized spacial score (nSPS) is 14.5. The van der Waals surface area contributed by atoms with Crippen LogP contribution in [0.15, 0.2) is 24.3 Å². The molecule has 4 heteroatoms. The van der Waals surface area contributed by atoms with Crippen molar-refractivity contribution in [1.29, 1.82) is 0 Å². The van der Waals surface area contributed by atoms with E-state index in [-0.39, 0.29) is 5.91 Å². The Kier molecular flexibility index (Phi) is 4.73. The second kappa shape index (κ2) is 6.52. The zero-order valence-corrected chi connectivity index (χ0v) is 10.7. The van der Waals surface area contributed by atoms with Gasteiger partial charge in [0.05, 0.1) is 6.61 Å². The highest BCUT2D eigenvalue weighted by atomic mass is 16.5. The fourth-order valence-electron chi connectivity index (χ4n) is 1.75. The van der Waals surface area contributed by atoms with Crippen molar-refractivity contribution in [2.24, 2.45) is 0 Å². The van der Waals surface area contributed by atoms with Crippen molar-refractivity contribution in [2.75, 3.05) is 19.0 Å². The second-order valence-electron chi connectivity index (χ2n) is 4.66. The van der Waals surface area contributed by atoms with Crippen LogP contribution in [0.4, 0.5) is 5.69 Å². The van der Waals surface area contributed by atoms with Gasteiger partial charge in [-0.15, -0.1) is 0 Å². The van der Waals surface area contributed by atoms with Crippen molar-refractivity contribution < 1.29 is 9.53 Å².